The van der Waals surface area contributed by atoms with E-state index in [-0.39, 0.29) is 0 Å². The highest BCUT2D eigenvalue weighted by molar-refractivity contribution is 14.1. The highest BCUT2D eigenvalue weighted by Gasteiger charge is 2.39. The van der Waals surface area contributed by atoms with Gasteiger partial charge in [-0.3, -0.25) is 4.99 Å². The largest absolute Gasteiger partial charge is 0.381 e. The molecule has 0 amide bonds. The lowest BCUT2D eigenvalue weighted by atomic mass is 9.82. The zero-order valence-electron chi connectivity index (χ0n) is 7.99. The van der Waals surface area contributed by atoms with E-state index in [4.69, 9.17) is 16.3 Å². The van der Waals surface area contributed by atoms with E-state index in [0.717, 1.165) is 36.2 Å². The van der Waals surface area contributed by atoms with Gasteiger partial charge in [0.25, 0.3) is 0 Å². The van der Waals surface area contributed by atoms with Gasteiger partial charge in [0.2, 0.25) is 0 Å². The Morgan fingerprint density at radius 3 is 3.00 bits per heavy atom. The predicted molar refractivity (Wildman–Crippen MR) is 68.0 cm³/mol. The Bertz CT molecular complexity index is 387. The first-order valence-corrected chi connectivity index (χ1v) is 6.27. The molecule has 3 nitrogen and oxygen atoms in total. The van der Waals surface area contributed by atoms with Crippen LogP contribution in [0, 0.1) is 11.8 Å². The van der Waals surface area contributed by atoms with Crippen molar-refractivity contribution in [3.05, 3.63) is 23.0 Å². The molecule has 0 radical (unpaired) electrons. The van der Waals surface area contributed by atoms with Gasteiger partial charge in [-0.1, -0.05) is 11.6 Å². The normalized spacial score (nSPS) is 30.4. The first-order valence-electron chi connectivity index (χ1n) is 4.93. The summed E-state index contributed by atoms with van der Waals surface area (Å²) in [5, 5.41) is 0.805. The maximum atomic E-state index is 6.23. The molecular weight excluding hydrogens is 326 g/mol. The summed E-state index contributed by atoms with van der Waals surface area (Å²) in [5.41, 5.74) is 2.25. The van der Waals surface area contributed by atoms with Gasteiger partial charge in [0, 0.05) is 30.2 Å². The maximum Gasteiger partial charge on any atom is 0.122 e. The topological polar surface area (TPSA) is 24.8 Å². The second-order valence-corrected chi connectivity index (χ2v) is 5.51. The third-order valence-corrected chi connectivity index (χ3v) is 4.68. The average Bonchev–Trinajstić information content (AvgIpc) is 2.59. The number of fused-ring (bicyclic) bond motifs is 1. The van der Waals surface area contributed by atoms with Crippen LogP contribution in [0.25, 0.3) is 0 Å². The molecule has 15 heavy (non-hydrogen) atoms. The number of rotatable bonds is 1. The van der Waals surface area contributed by atoms with Crippen LogP contribution in [-0.2, 0) is 4.74 Å². The van der Waals surface area contributed by atoms with Crippen molar-refractivity contribution in [2.24, 2.45) is 16.8 Å². The van der Waals surface area contributed by atoms with Gasteiger partial charge in [-0.15, -0.1) is 0 Å². The van der Waals surface area contributed by atoms with Crippen molar-refractivity contribution in [2.45, 2.75) is 0 Å². The lowest BCUT2D eigenvalue weighted by molar-refractivity contribution is -0.0488. The third kappa shape index (κ3) is 1.54. The fraction of sp³-hybridized carbons (Fsp3) is 0.500. The molecule has 3 heterocycles. The third-order valence-electron chi connectivity index (χ3n) is 3.11. The summed E-state index contributed by atoms with van der Waals surface area (Å²) in [6, 6.07) is 0. The minimum Gasteiger partial charge on any atom is -0.381 e. The molecule has 0 bridgehead atoms. The minimum absolute atomic E-state index is 0.475. The van der Waals surface area contributed by atoms with E-state index in [0.29, 0.717) is 11.8 Å². The Morgan fingerprint density at radius 2 is 2.33 bits per heavy atom. The molecule has 3 aliphatic heterocycles. The zero-order valence-corrected chi connectivity index (χ0v) is 10.9. The van der Waals surface area contributed by atoms with Gasteiger partial charge >= 0.3 is 0 Å². The highest BCUT2D eigenvalue weighted by Crippen LogP contribution is 2.37. The Labute approximate surface area is 107 Å². The molecule has 0 spiro atoms. The van der Waals surface area contributed by atoms with E-state index in [1.165, 1.54) is 0 Å². The summed E-state index contributed by atoms with van der Waals surface area (Å²) >= 11 is 8.50. The molecule has 3 rings (SSSR count). The highest BCUT2D eigenvalue weighted by atomic mass is 127. The van der Waals surface area contributed by atoms with Crippen LogP contribution in [0.15, 0.2) is 28.0 Å². The maximum absolute atomic E-state index is 6.23. The molecule has 1 unspecified atom stereocenters. The molecule has 1 saturated heterocycles. The van der Waals surface area contributed by atoms with E-state index >= 15 is 0 Å². The Balaban J connectivity index is 1.95. The van der Waals surface area contributed by atoms with Gasteiger partial charge in [0.05, 0.1) is 41.8 Å². The summed E-state index contributed by atoms with van der Waals surface area (Å²) in [5.74, 6) is 1.09. The monoisotopic (exact) mass is 336 g/mol. The molecule has 1 atom stereocenters. The molecule has 0 saturated carbocycles. The van der Waals surface area contributed by atoms with Crippen molar-refractivity contribution in [2.75, 3.05) is 19.8 Å². The molecule has 0 aromatic heterocycles. The number of halogens is 2. The second kappa shape index (κ2) is 3.75. The SMILES string of the molecule is ClC1=C2C=CN=C2C(C2COC2)CN1I. The number of hydrogen-bond acceptors (Lipinski definition) is 3. The summed E-state index contributed by atoms with van der Waals surface area (Å²) in [6.45, 7) is 2.66. The van der Waals surface area contributed by atoms with Gasteiger partial charge in [0.1, 0.15) is 5.16 Å². The van der Waals surface area contributed by atoms with Gasteiger partial charge in [-0.2, -0.15) is 0 Å². The van der Waals surface area contributed by atoms with Gasteiger partial charge in [-0.25, -0.2) is 0 Å². The summed E-state index contributed by atoms with van der Waals surface area (Å²) in [6.07, 6.45) is 3.84. The Hall–Kier alpha value is -0.0700. The number of hydrogen-bond donors (Lipinski definition) is 0. The first kappa shape index (κ1) is 10.1. The molecule has 0 N–H and O–H groups in total. The smallest absolute Gasteiger partial charge is 0.122 e. The van der Waals surface area contributed by atoms with E-state index in [1.807, 2.05) is 12.3 Å². The van der Waals surface area contributed by atoms with Crippen LogP contribution in [0.4, 0.5) is 0 Å². The Kier molecular flexibility index (Phi) is 2.52. The van der Waals surface area contributed by atoms with E-state index in [9.17, 15) is 0 Å². The van der Waals surface area contributed by atoms with Gasteiger partial charge in [0.15, 0.2) is 0 Å². The van der Waals surface area contributed by atoms with Crippen LogP contribution in [0.2, 0.25) is 0 Å². The lowest BCUT2D eigenvalue weighted by Crippen LogP contribution is -2.45. The standard InChI is InChI=1S/C10H10ClIN2O/c11-10-7-1-2-13-9(7)8(3-14(10)12)6-4-15-5-6/h1-2,6,8H,3-5H2. The second-order valence-electron chi connectivity index (χ2n) is 3.98. The molecule has 0 aromatic carbocycles. The number of ether oxygens (including phenoxy) is 1. The quantitative estimate of drug-likeness (QED) is 0.417. The van der Waals surface area contributed by atoms with Crippen LogP contribution in [0.3, 0.4) is 0 Å². The number of allylic oxidation sites excluding steroid dienone is 2. The van der Waals surface area contributed by atoms with Crippen molar-refractivity contribution in [1.29, 1.82) is 0 Å². The van der Waals surface area contributed by atoms with Crippen LogP contribution >= 0.6 is 34.5 Å². The number of nitrogens with zero attached hydrogens (tertiary/aromatic N) is 2. The molecule has 0 aromatic rings. The van der Waals surface area contributed by atoms with Crippen molar-refractivity contribution < 1.29 is 4.74 Å². The number of aliphatic imine (C=N–C) groups is 1. The van der Waals surface area contributed by atoms with Crippen LogP contribution < -0.4 is 0 Å². The Morgan fingerprint density at radius 1 is 1.53 bits per heavy atom. The van der Waals surface area contributed by atoms with E-state index < -0.39 is 0 Å². The summed E-state index contributed by atoms with van der Waals surface area (Å²) in [7, 11) is 0. The van der Waals surface area contributed by atoms with Crippen LogP contribution in [0.1, 0.15) is 0 Å². The molecule has 1 fully saturated rings. The molecule has 5 heteroatoms. The molecule has 3 aliphatic rings. The predicted octanol–water partition coefficient (Wildman–Crippen LogP) is 2.33. The molecule has 0 aliphatic carbocycles. The fourth-order valence-electron chi connectivity index (χ4n) is 2.15. The van der Waals surface area contributed by atoms with Crippen LogP contribution in [-0.4, -0.2) is 28.6 Å². The zero-order chi connectivity index (χ0) is 10.4. The van der Waals surface area contributed by atoms with Crippen molar-refractivity contribution in [3.8, 4) is 0 Å². The fourth-order valence-corrected chi connectivity index (χ4v) is 3.06. The van der Waals surface area contributed by atoms with E-state index in [2.05, 4.69) is 31.0 Å². The van der Waals surface area contributed by atoms with Crippen molar-refractivity contribution in [1.82, 2.24) is 3.11 Å². The first-order chi connectivity index (χ1) is 7.27. The van der Waals surface area contributed by atoms with Crippen LogP contribution in [0.5, 0.6) is 0 Å². The van der Waals surface area contributed by atoms with Gasteiger partial charge in [-0.05, 0) is 6.08 Å². The van der Waals surface area contributed by atoms with Crippen molar-refractivity contribution in [3.63, 3.8) is 0 Å². The van der Waals surface area contributed by atoms with Gasteiger partial charge < -0.3 is 7.85 Å². The average molecular weight is 337 g/mol. The molecule has 80 valence electrons. The van der Waals surface area contributed by atoms with Crippen molar-refractivity contribution >= 4 is 40.2 Å². The van der Waals surface area contributed by atoms with E-state index in [1.54, 1.807) is 0 Å². The lowest BCUT2D eigenvalue weighted by Gasteiger charge is -2.39. The summed E-state index contributed by atoms with van der Waals surface area (Å²) in [4.78, 5) is 4.44. The molecular formula is C10H10ClIN2O. The minimum atomic E-state index is 0.475. The summed E-state index contributed by atoms with van der Waals surface area (Å²) < 4.78 is 7.33.